The van der Waals surface area contributed by atoms with Gasteiger partial charge < -0.3 is 4.42 Å². The maximum Gasteiger partial charge on any atom is 0.134 e. The normalized spacial score (nSPS) is 12.1. The van der Waals surface area contributed by atoms with E-state index in [1.807, 2.05) is 19.1 Å². The minimum Gasteiger partial charge on any atom is -0.460 e. The fourth-order valence-corrected chi connectivity index (χ4v) is 1.44. The van der Waals surface area contributed by atoms with Crippen molar-refractivity contribution in [2.45, 2.75) is 12.8 Å². The molecule has 2 heteroatoms. The summed E-state index contributed by atoms with van der Waals surface area (Å²) in [4.78, 5) is 0. The molecule has 16 heavy (non-hydrogen) atoms. The fourth-order valence-electron chi connectivity index (χ4n) is 1.44. The molecule has 1 aromatic carbocycles. The lowest BCUT2D eigenvalue weighted by molar-refractivity contribution is 0.516. The molecule has 0 aliphatic heterocycles. The van der Waals surface area contributed by atoms with E-state index in [-0.39, 0.29) is 11.7 Å². The Bertz CT molecular complexity index is 516. The molecule has 0 radical (unpaired) electrons. The van der Waals surface area contributed by atoms with Crippen LogP contribution in [0.15, 0.2) is 40.8 Å². The van der Waals surface area contributed by atoms with Crippen molar-refractivity contribution in [3.8, 4) is 23.7 Å². The molecular formula is C14H11FO. The highest BCUT2D eigenvalue weighted by atomic mass is 19.1. The highest BCUT2D eigenvalue weighted by Crippen LogP contribution is 2.25. The van der Waals surface area contributed by atoms with E-state index in [9.17, 15) is 4.39 Å². The Hall–Kier alpha value is -2.01. The van der Waals surface area contributed by atoms with Gasteiger partial charge in [0.05, 0.1) is 5.92 Å². The summed E-state index contributed by atoms with van der Waals surface area (Å²) in [6.07, 6.45) is 5.31. The summed E-state index contributed by atoms with van der Waals surface area (Å²) in [6, 6.07) is 9.86. The zero-order chi connectivity index (χ0) is 11.5. The zero-order valence-electron chi connectivity index (χ0n) is 8.91. The molecule has 80 valence electrons. The van der Waals surface area contributed by atoms with Crippen LogP contribution in [0.1, 0.15) is 18.6 Å². The van der Waals surface area contributed by atoms with Gasteiger partial charge in [0.25, 0.3) is 0 Å². The molecule has 0 N–H and O–H groups in total. The molecular weight excluding hydrogens is 203 g/mol. The minimum absolute atomic E-state index is 0.0470. The maximum absolute atomic E-state index is 12.7. The Labute approximate surface area is 93.9 Å². The van der Waals surface area contributed by atoms with Gasteiger partial charge in [0.1, 0.15) is 17.3 Å². The van der Waals surface area contributed by atoms with E-state index in [1.165, 1.54) is 12.1 Å². The molecule has 1 atom stereocenters. The van der Waals surface area contributed by atoms with E-state index in [0.717, 1.165) is 11.3 Å². The van der Waals surface area contributed by atoms with Crippen molar-refractivity contribution in [1.82, 2.24) is 0 Å². The zero-order valence-corrected chi connectivity index (χ0v) is 8.91. The van der Waals surface area contributed by atoms with Crippen molar-refractivity contribution in [3.63, 3.8) is 0 Å². The summed E-state index contributed by atoms with van der Waals surface area (Å²) in [5.74, 6) is 3.75. The van der Waals surface area contributed by atoms with Crippen molar-refractivity contribution in [1.29, 1.82) is 0 Å². The number of halogens is 1. The molecule has 0 aliphatic rings. The number of hydrogen-bond acceptors (Lipinski definition) is 1. The number of hydrogen-bond donors (Lipinski definition) is 0. The summed E-state index contributed by atoms with van der Waals surface area (Å²) in [5, 5.41) is 0. The van der Waals surface area contributed by atoms with E-state index in [1.54, 1.807) is 12.1 Å². The summed E-state index contributed by atoms with van der Waals surface area (Å²) in [6.45, 7) is 1.90. The Morgan fingerprint density at radius 3 is 2.50 bits per heavy atom. The molecule has 1 nitrogen and oxygen atoms in total. The van der Waals surface area contributed by atoms with Gasteiger partial charge in [-0.05, 0) is 43.3 Å². The quantitative estimate of drug-likeness (QED) is 0.692. The molecule has 0 spiro atoms. The van der Waals surface area contributed by atoms with Gasteiger partial charge in [0.2, 0.25) is 0 Å². The maximum atomic E-state index is 12.7. The smallest absolute Gasteiger partial charge is 0.134 e. The van der Waals surface area contributed by atoms with E-state index in [2.05, 4.69) is 5.92 Å². The average molecular weight is 214 g/mol. The third-order valence-electron chi connectivity index (χ3n) is 2.43. The van der Waals surface area contributed by atoms with Crippen LogP contribution in [0.25, 0.3) is 11.3 Å². The highest BCUT2D eigenvalue weighted by molar-refractivity contribution is 5.57. The van der Waals surface area contributed by atoms with E-state index >= 15 is 0 Å². The van der Waals surface area contributed by atoms with Gasteiger partial charge in [-0.15, -0.1) is 6.42 Å². The van der Waals surface area contributed by atoms with Gasteiger partial charge in [-0.3, -0.25) is 0 Å². The average Bonchev–Trinajstić information content (AvgIpc) is 2.78. The number of rotatable bonds is 2. The van der Waals surface area contributed by atoms with Gasteiger partial charge in [-0.1, -0.05) is 5.92 Å². The van der Waals surface area contributed by atoms with Gasteiger partial charge >= 0.3 is 0 Å². The second kappa shape index (κ2) is 4.24. The lowest BCUT2D eigenvalue weighted by atomic mass is 10.1. The van der Waals surface area contributed by atoms with Gasteiger partial charge in [-0.25, -0.2) is 4.39 Å². The first-order valence-electron chi connectivity index (χ1n) is 5.02. The number of benzene rings is 1. The Morgan fingerprint density at radius 2 is 1.88 bits per heavy atom. The Kier molecular flexibility index (Phi) is 2.78. The fraction of sp³-hybridized carbons (Fsp3) is 0.143. The summed E-state index contributed by atoms with van der Waals surface area (Å²) in [7, 11) is 0. The molecule has 1 unspecified atom stereocenters. The molecule has 0 fully saturated rings. The lowest BCUT2D eigenvalue weighted by Crippen LogP contribution is -1.84. The topological polar surface area (TPSA) is 13.1 Å². The Balaban J connectivity index is 2.32. The van der Waals surface area contributed by atoms with Crippen LogP contribution in [-0.4, -0.2) is 0 Å². The first kappa shape index (κ1) is 10.5. The standard InChI is InChI=1S/C14H11FO/c1-3-10(2)13-8-9-14(16-13)11-4-6-12(15)7-5-11/h1,4-10H,2H3. The van der Waals surface area contributed by atoms with Crippen LogP contribution >= 0.6 is 0 Å². The molecule has 1 heterocycles. The van der Waals surface area contributed by atoms with E-state index < -0.39 is 0 Å². The van der Waals surface area contributed by atoms with Crippen molar-refractivity contribution < 1.29 is 8.81 Å². The first-order valence-corrected chi connectivity index (χ1v) is 5.02. The summed E-state index contributed by atoms with van der Waals surface area (Å²) < 4.78 is 18.3. The van der Waals surface area contributed by atoms with Crippen molar-refractivity contribution in [3.05, 3.63) is 48.0 Å². The molecule has 2 rings (SSSR count). The van der Waals surface area contributed by atoms with E-state index in [0.29, 0.717) is 5.76 Å². The van der Waals surface area contributed by atoms with Crippen LogP contribution in [-0.2, 0) is 0 Å². The van der Waals surface area contributed by atoms with Crippen molar-refractivity contribution in [2.75, 3.05) is 0 Å². The van der Waals surface area contributed by atoms with Gasteiger partial charge in [0.15, 0.2) is 0 Å². The minimum atomic E-state index is -0.257. The van der Waals surface area contributed by atoms with Crippen molar-refractivity contribution in [2.24, 2.45) is 0 Å². The monoisotopic (exact) mass is 214 g/mol. The van der Waals surface area contributed by atoms with Crippen LogP contribution in [0, 0.1) is 18.2 Å². The van der Waals surface area contributed by atoms with Crippen LogP contribution < -0.4 is 0 Å². The molecule has 0 bridgehead atoms. The van der Waals surface area contributed by atoms with Crippen LogP contribution in [0.2, 0.25) is 0 Å². The number of terminal acetylenes is 1. The second-order valence-electron chi connectivity index (χ2n) is 3.60. The van der Waals surface area contributed by atoms with Crippen LogP contribution in [0.4, 0.5) is 4.39 Å². The highest BCUT2D eigenvalue weighted by Gasteiger charge is 2.08. The van der Waals surface area contributed by atoms with Crippen LogP contribution in [0.3, 0.4) is 0 Å². The SMILES string of the molecule is C#CC(C)c1ccc(-c2ccc(F)cc2)o1. The third kappa shape index (κ3) is 1.99. The largest absolute Gasteiger partial charge is 0.460 e. The van der Waals surface area contributed by atoms with E-state index in [4.69, 9.17) is 10.8 Å². The Morgan fingerprint density at radius 1 is 1.19 bits per heavy atom. The first-order chi connectivity index (χ1) is 7.70. The number of furan rings is 1. The molecule has 2 aromatic rings. The van der Waals surface area contributed by atoms with Crippen LogP contribution in [0.5, 0.6) is 0 Å². The van der Waals surface area contributed by atoms with Crippen molar-refractivity contribution >= 4 is 0 Å². The predicted molar refractivity (Wildman–Crippen MR) is 61.4 cm³/mol. The molecule has 0 saturated heterocycles. The van der Waals surface area contributed by atoms with Gasteiger partial charge in [-0.2, -0.15) is 0 Å². The van der Waals surface area contributed by atoms with Gasteiger partial charge in [0, 0.05) is 5.56 Å². The molecule has 0 saturated carbocycles. The lowest BCUT2D eigenvalue weighted by Gasteiger charge is -1.99. The third-order valence-corrected chi connectivity index (χ3v) is 2.43. The summed E-state index contributed by atoms with van der Waals surface area (Å²) >= 11 is 0. The summed E-state index contributed by atoms with van der Waals surface area (Å²) in [5.41, 5.74) is 0.844. The molecule has 1 aromatic heterocycles. The molecule has 0 aliphatic carbocycles. The predicted octanol–water partition coefficient (Wildman–Crippen LogP) is 3.82. The molecule has 0 amide bonds. The second-order valence-corrected chi connectivity index (χ2v) is 3.60.